The quantitative estimate of drug-likeness (QED) is 0.541. The molecule has 0 aliphatic carbocycles. The first kappa shape index (κ1) is 24.3. The van der Waals surface area contributed by atoms with E-state index in [1.807, 2.05) is 50.2 Å². The van der Waals surface area contributed by atoms with Crippen molar-refractivity contribution < 1.29 is 19.5 Å². The van der Waals surface area contributed by atoms with Crippen LogP contribution in [-0.4, -0.2) is 60.5 Å². The molecule has 2 aromatic rings. The van der Waals surface area contributed by atoms with E-state index in [1.165, 1.54) is 0 Å². The van der Waals surface area contributed by atoms with Gasteiger partial charge in [-0.25, -0.2) is 4.79 Å². The Bertz CT molecular complexity index is 970. The van der Waals surface area contributed by atoms with Crippen molar-refractivity contribution in [3.63, 3.8) is 0 Å². The molecule has 0 aromatic heterocycles. The van der Waals surface area contributed by atoms with Crippen LogP contribution in [0.4, 0.5) is 11.4 Å². The van der Waals surface area contributed by atoms with Gasteiger partial charge in [0.2, 0.25) is 11.8 Å². The lowest BCUT2D eigenvalue weighted by molar-refractivity contribution is -0.122. The number of nitrogens with one attached hydrogen (secondary N) is 2. The van der Waals surface area contributed by atoms with Crippen LogP contribution in [0.15, 0.2) is 48.5 Å². The molecular weight excluding hydrogens is 420 g/mol. The van der Waals surface area contributed by atoms with E-state index in [4.69, 9.17) is 0 Å². The standard InChI is InChI=1S/C25H32N4O4/c1-18(2)14-23(30)27-22-9-8-20(15-21(22)25(32)33)29-12-10-28(11-13-29)17-24(31)26-16-19-6-4-3-5-7-19/h3-9,15,18H,10-14,16-17H2,1-2H3,(H,26,31)(H,27,30)(H,32,33). The number of carbonyl (C=O) groups is 3. The van der Waals surface area contributed by atoms with Crippen LogP contribution in [0.3, 0.4) is 0 Å². The Labute approximate surface area is 194 Å². The highest BCUT2D eigenvalue weighted by Gasteiger charge is 2.21. The molecule has 176 valence electrons. The van der Waals surface area contributed by atoms with Crippen LogP contribution in [-0.2, 0) is 16.1 Å². The summed E-state index contributed by atoms with van der Waals surface area (Å²) in [6.45, 7) is 7.50. The molecule has 0 atom stereocenters. The van der Waals surface area contributed by atoms with Crippen molar-refractivity contribution in [3.8, 4) is 0 Å². The third-order valence-electron chi connectivity index (χ3n) is 5.54. The minimum atomic E-state index is -1.08. The monoisotopic (exact) mass is 452 g/mol. The van der Waals surface area contributed by atoms with Crippen LogP contribution >= 0.6 is 0 Å². The maximum Gasteiger partial charge on any atom is 0.337 e. The highest BCUT2D eigenvalue weighted by Crippen LogP contribution is 2.25. The largest absolute Gasteiger partial charge is 0.478 e. The lowest BCUT2D eigenvalue weighted by Gasteiger charge is -2.36. The average Bonchev–Trinajstić information content (AvgIpc) is 2.78. The zero-order valence-corrected chi connectivity index (χ0v) is 19.2. The lowest BCUT2D eigenvalue weighted by Crippen LogP contribution is -2.49. The molecule has 0 unspecified atom stereocenters. The van der Waals surface area contributed by atoms with Gasteiger partial charge in [-0.2, -0.15) is 0 Å². The third-order valence-corrected chi connectivity index (χ3v) is 5.54. The van der Waals surface area contributed by atoms with Crippen LogP contribution in [0.5, 0.6) is 0 Å². The molecular formula is C25H32N4O4. The van der Waals surface area contributed by atoms with Gasteiger partial charge in [-0.05, 0) is 29.7 Å². The Balaban J connectivity index is 1.53. The van der Waals surface area contributed by atoms with Gasteiger partial charge >= 0.3 is 5.97 Å². The number of benzene rings is 2. The molecule has 0 spiro atoms. The Morgan fingerprint density at radius 1 is 0.970 bits per heavy atom. The number of carbonyl (C=O) groups excluding carboxylic acids is 2. The van der Waals surface area contributed by atoms with Crippen molar-refractivity contribution in [2.45, 2.75) is 26.8 Å². The van der Waals surface area contributed by atoms with E-state index in [2.05, 4.69) is 20.4 Å². The fraction of sp³-hybridized carbons (Fsp3) is 0.400. The van der Waals surface area contributed by atoms with Gasteiger partial charge in [-0.3, -0.25) is 14.5 Å². The van der Waals surface area contributed by atoms with Crippen molar-refractivity contribution in [1.82, 2.24) is 10.2 Å². The molecule has 1 heterocycles. The van der Waals surface area contributed by atoms with Crippen molar-refractivity contribution in [1.29, 1.82) is 0 Å². The molecule has 2 amide bonds. The maximum atomic E-state index is 12.3. The molecule has 8 nitrogen and oxygen atoms in total. The van der Waals surface area contributed by atoms with Crippen molar-refractivity contribution >= 4 is 29.2 Å². The van der Waals surface area contributed by atoms with Gasteiger partial charge in [0.1, 0.15) is 0 Å². The van der Waals surface area contributed by atoms with Crippen LogP contribution < -0.4 is 15.5 Å². The topological polar surface area (TPSA) is 102 Å². The van der Waals surface area contributed by atoms with Gasteiger partial charge in [-0.1, -0.05) is 44.2 Å². The highest BCUT2D eigenvalue weighted by atomic mass is 16.4. The molecule has 0 saturated carbocycles. The molecule has 33 heavy (non-hydrogen) atoms. The normalized spacial score (nSPS) is 14.2. The number of hydrogen-bond donors (Lipinski definition) is 3. The van der Waals surface area contributed by atoms with E-state index >= 15 is 0 Å². The maximum absolute atomic E-state index is 12.3. The first-order valence-corrected chi connectivity index (χ1v) is 11.3. The summed E-state index contributed by atoms with van der Waals surface area (Å²) >= 11 is 0. The van der Waals surface area contributed by atoms with Crippen LogP contribution in [0.25, 0.3) is 0 Å². The fourth-order valence-electron chi connectivity index (χ4n) is 3.81. The van der Waals surface area contributed by atoms with Crippen LogP contribution in [0, 0.1) is 5.92 Å². The van der Waals surface area contributed by atoms with E-state index in [9.17, 15) is 19.5 Å². The number of carboxylic acid groups (broad SMARTS) is 1. The van der Waals surface area contributed by atoms with Gasteiger partial charge < -0.3 is 20.6 Å². The number of nitrogens with zero attached hydrogens (tertiary/aromatic N) is 2. The van der Waals surface area contributed by atoms with Crippen molar-refractivity contribution in [2.24, 2.45) is 5.92 Å². The second kappa shape index (κ2) is 11.5. The predicted octanol–water partition coefficient (Wildman–Crippen LogP) is 2.81. The Kier molecular flexibility index (Phi) is 8.43. The Hall–Kier alpha value is -3.39. The molecule has 2 aromatic carbocycles. The summed E-state index contributed by atoms with van der Waals surface area (Å²) in [6, 6.07) is 14.9. The van der Waals surface area contributed by atoms with E-state index in [0.717, 1.165) is 11.3 Å². The summed E-state index contributed by atoms with van der Waals surface area (Å²) in [4.78, 5) is 40.3. The molecule has 1 fully saturated rings. The van der Waals surface area contributed by atoms with E-state index < -0.39 is 5.97 Å². The molecule has 1 aliphatic rings. The number of anilines is 2. The number of aromatic carboxylic acids is 1. The first-order chi connectivity index (χ1) is 15.8. The number of hydrogen-bond acceptors (Lipinski definition) is 5. The highest BCUT2D eigenvalue weighted by molar-refractivity contribution is 6.01. The summed E-state index contributed by atoms with van der Waals surface area (Å²) < 4.78 is 0. The molecule has 1 saturated heterocycles. The summed E-state index contributed by atoms with van der Waals surface area (Å²) in [5.74, 6) is -1.10. The zero-order chi connectivity index (χ0) is 23.8. The van der Waals surface area contributed by atoms with Crippen molar-refractivity contribution in [2.75, 3.05) is 42.9 Å². The number of amides is 2. The fourth-order valence-corrected chi connectivity index (χ4v) is 3.81. The summed E-state index contributed by atoms with van der Waals surface area (Å²) in [6.07, 6.45) is 0.335. The second-order valence-electron chi connectivity index (χ2n) is 8.71. The molecule has 3 rings (SSSR count). The summed E-state index contributed by atoms with van der Waals surface area (Å²) in [5, 5.41) is 15.3. The van der Waals surface area contributed by atoms with E-state index in [1.54, 1.807) is 12.1 Å². The average molecular weight is 453 g/mol. The second-order valence-corrected chi connectivity index (χ2v) is 8.71. The van der Waals surface area contributed by atoms with Crippen LogP contribution in [0.1, 0.15) is 36.2 Å². The van der Waals surface area contributed by atoms with E-state index in [0.29, 0.717) is 51.4 Å². The van der Waals surface area contributed by atoms with Gasteiger partial charge in [0.25, 0.3) is 0 Å². The third kappa shape index (κ3) is 7.32. The molecule has 1 aliphatic heterocycles. The number of carboxylic acids is 1. The minimum Gasteiger partial charge on any atom is -0.478 e. The molecule has 0 bridgehead atoms. The Morgan fingerprint density at radius 3 is 2.30 bits per heavy atom. The smallest absolute Gasteiger partial charge is 0.337 e. The van der Waals surface area contributed by atoms with Crippen LogP contribution in [0.2, 0.25) is 0 Å². The summed E-state index contributed by atoms with van der Waals surface area (Å²) in [5.41, 5.74) is 2.24. The lowest BCUT2D eigenvalue weighted by atomic mass is 10.1. The first-order valence-electron chi connectivity index (χ1n) is 11.3. The van der Waals surface area contributed by atoms with Gasteiger partial charge in [0.15, 0.2) is 0 Å². The number of rotatable bonds is 9. The van der Waals surface area contributed by atoms with Gasteiger partial charge in [-0.15, -0.1) is 0 Å². The minimum absolute atomic E-state index is 0.0121. The van der Waals surface area contributed by atoms with Gasteiger partial charge in [0.05, 0.1) is 17.8 Å². The summed E-state index contributed by atoms with van der Waals surface area (Å²) in [7, 11) is 0. The molecule has 8 heteroatoms. The predicted molar refractivity (Wildman–Crippen MR) is 128 cm³/mol. The molecule has 0 radical (unpaired) electrons. The molecule has 3 N–H and O–H groups in total. The van der Waals surface area contributed by atoms with Crippen molar-refractivity contribution in [3.05, 3.63) is 59.7 Å². The van der Waals surface area contributed by atoms with E-state index in [-0.39, 0.29) is 23.3 Å². The SMILES string of the molecule is CC(C)CC(=O)Nc1ccc(N2CCN(CC(=O)NCc3ccccc3)CC2)cc1C(=O)O. The Morgan fingerprint density at radius 2 is 1.67 bits per heavy atom. The number of piperazine rings is 1. The van der Waals surface area contributed by atoms with Gasteiger partial charge in [0, 0.05) is 44.8 Å². The zero-order valence-electron chi connectivity index (χ0n) is 19.2.